The number of benzene rings is 2. The Morgan fingerprint density at radius 1 is 1.23 bits per heavy atom. The quantitative estimate of drug-likeness (QED) is 0.556. The van der Waals surface area contributed by atoms with Gasteiger partial charge in [0.2, 0.25) is 0 Å². The van der Waals surface area contributed by atoms with Crippen LogP contribution < -0.4 is 15.4 Å². The van der Waals surface area contributed by atoms with Crippen LogP contribution in [-0.4, -0.2) is 29.3 Å². The zero-order chi connectivity index (χ0) is 21.6. The maximum atomic E-state index is 13.8. The molecule has 0 fully saturated rings. The first-order valence-electron chi connectivity index (χ1n) is 9.71. The molecule has 2 aromatic carbocycles. The predicted molar refractivity (Wildman–Crippen MR) is 115 cm³/mol. The molecule has 2 N–H and O–H groups in total. The Hall–Kier alpha value is -3.17. The highest BCUT2D eigenvalue weighted by molar-refractivity contribution is 7.99. The number of nitrogens with zero attached hydrogens (tertiary/aromatic N) is 2. The number of anilines is 1. The Morgan fingerprint density at radius 3 is 2.87 bits per heavy atom. The van der Waals surface area contributed by atoms with E-state index in [1.807, 2.05) is 25.1 Å². The molecule has 3 aromatic rings. The van der Waals surface area contributed by atoms with E-state index in [1.54, 1.807) is 18.5 Å². The van der Waals surface area contributed by atoms with Crippen LogP contribution in [0, 0.1) is 12.7 Å². The normalized spacial score (nSPS) is 12.6. The number of urea groups is 1. The molecule has 0 unspecified atom stereocenters. The van der Waals surface area contributed by atoms with Crippen molar-refractivity contribution in [3.8, 4) is 5.75 Å². The van der Waals surface area contributed by atoms with E-state index >= 15 is 0 Å². The van der Waals surface area contributed by atoms with Crippen molar-refractivity contribution in [3.63, 3.8) is 0 Å². The van der Waals surface area contributed by atoms with Crippen LogP contribution in [0.1, 0.15) is 16.7 Å². The van der Waals surface area contributed by atoms with E-state index < -0.39 is 0 Å². The molecule has 1 aromatic heterocycles. The van der Waals surface area contributed by atoms with Gasteiger partial charge in [0.15, 0.2) is 11.9 Å². The highest BCUT2D eigenvalue weighted by Crippen LogP contribution is 2.30. The highest BCUT2D eigenvalue weighted by atomic mass is 32.2. The molecule has 2 amide bonds. The van der Waals surface area contributed by atoms with Crippen LogP contribution in [0.25, 0.3) is 0 Å². The number of amides is 2. The summed E-state index contributed by atoms with van der Waals surface area (Å²) in [6.07, 6.45) is 3.84. The number of ether oxygens (including phenoxy) is 2. The fourth-order valence-electron chi connectivity index (χ4n) is 3.20. The molecular weight excluding hydrogens is 419 g/mol. The molecule has 1 aliphatic rings. The average molecular weight is 441 g/mol. The number of nitrogens with one attached hydrogen (secondary N) is 2. The lowest BCUT2D eigenvalue weighted by molar-refractivity contribution is -0.0172. The van der Waals surface area contributed by atoms with E-state index in [4.69, 9.17) is 9.47 Å². The van der Waals surface area contributed by atoms with Crippen LogP contribution >= 0.6 is 11.8 Å². The van der Waals surface area contributed by atoms with Gasteiger partial charge in [0, 0.05) is 35.1 Å². The van der Waals surface area contributed by atoms with Crippen LogP contribution in [0.2, 0.25) is 0 Å². The average Bonchev–Trinajstić information content (AvgIpc) is 2.76. The van der Waals surface area contributed by atoms with Gasteiger partial charge in [0.1, 0.15) is 11.6 Å². The second-order valence-electron chi connectivity index (χ2n) is 6.90. The molecule has 0 atom stereocenters. The summed E-state index contributed by atoms with van der Waals surface area (Å²) in [5.41, 5.74) is 3.02. The van der Waals surface area contributed by atoms with Crippen LogP contribution in [0.3, 0.4) is 0 Å². The summed E-state index contributed by atoms with van der Waals surface area (Å²) < 4.78 is 24.5. The van der Waals surface area contributed by atoms with Crippen molar-refractivity contribution >= 4 is 23.5 Å². The van der Waals surface area contributed by atoms with Crippen molar-refractivity contribution in [3.05, 3.63) is 71.3 Å². The first kappa shape index (κ1) is 21.1. The first-order chi connectivity index (χ1) is 15.1. The molecule has 0 saturated carbocycles. The lowest BCUT2D eigenvalue weighted by Crippen LogP contribution is -2.31. The van der Waals surface area contributed by atoms with E-state index in [0.717, 1.165) is 10.5 Å². The van der Waals surface area contributed by atoms with E-state index in [-0.39, 0.29) is 18.6 Å². The minimum Gasteiger partial charge on any atom is -0.467 e. The lowest BCUT2D eigenvalue weighted by atomic mass is 10.1. The molecule has 1 aliphatic heterocycles. The zero-order valence-corrected chi connectivity index (χ0v) is 17.7. The Labute approximate surface area is 183 Å². The van der Waals surface area contributed by atoms with Gasteiger partial charge in [-0.05, 0) is 72.6 Å². The molecule has 0 spiro atoms. The number of aromatic nitrogens is 2. The number of hydrogen-bond acceptors (Lipinski definition) is 6. The number of carbonyl (C=O) groups is 1. The molecule has 9 heteroatoms. The molecule has 160 valence electrons. The predicted octanol–water partition coefficient (Wildman–Crippen LogP) is 4.31. The van der Waals surface area contributed by atoms with Crippen molar-refractivity contribution < 1.29 is 18.7 Å². The van der Waals surface area contributed by atoms with Gasteiger partial charge in [-0.25, -0.2) is 19.2 Å². The number of carbonyl (C=O) groups excluding carboxylic acids is 1. The van der Waals surface area contributed by atoms with E-state index in [1.165, 1.54) is 23.9 Å². The number of halogens is 1. The standard InChI is InChI=1S/C22H21FN4O3S/c1-14-9-18(31-22-25-6-2-7-26-22)3-4-19(14)27-21(28)24-8-5-15-10-17(23)11-16-12-29-13-30-20(15)16/h2-4,6-7,9-11H,5,8,12-13H2,1H3,(H2,24,27,28). The Morgan fingerprint density at radius 2 is 2.06 bits per heavy atom. The lowest BCUT2D eigenvalue weighted by Gasteiger charge is -2.21. The molecule has 4 rings (SSSR count). The Kier molecular flexibility index (Phi) is 6.63. The summed E-state index contributed by atoms with van der Waals surface area (Å²) in [5, 5.41) is 6.31. The fourth-order valence-corrected chi connectivity index (χ4v) is 4.01. The maximum absolute atomic E-state index is 13.8. The minimum atomic E-state index is -0.346. The second kappa shape index (κ2) is 9.76. The number of aryl methyl sites for hydroxylation is 1. The second-order valence-corrected chi connectivity index (χ2v) is 7.95. The van der Waals surface area contributed by atoms with Gasteiger partial charge >= 0.3 is 6.03 Å². The highest BCUT2D eigenvalue weighted by Gasteiger charge is 2.17. The Balaban J connectivity index is 1.32. The zero-order valence-electron chi connectivity index (χ0n) is 16.9. The molecule has 2 heterocycles. The van der Waals surface area contributed by atoms with E-state index in [2.05, 4.69) is 20.6 Å². The number of fused-ring (bicyclic) bond motifs is 1. The van der Waals surface area contributed by atoms with Crippen molar-refractivity contribution in [1.82, 2.24) is 15.3 Å². The third-order valence-electron chi connectivity index (χ3n) is 4.63. The summed E-state index contributed by atoms with van der Waals surface area (Å²) in [5.74, 6) is 0.294. The summed E-state index contributed by atoms with van der Waals surface area (Å²) >= 11 is 1.45. The Bertz CT molecular complexity index is 1080. The fraction of sp³-hybridized carbons (Fsp3) is 0.227. The molecule has 0 aliphatic carbocycles. The topological polar surface area (TPSA) is 85.4 Å². The SMILES string of the molecule is Cc1cc(Sc2ncccn2)ccc1NC(=O)NCCc1cc(F)cc2c1OCOC2. The van der Waals surface area contributed by atoms with Gasteiger partial charge < -0.3 is 20.1 Å². The van der Waals surface area contributed by atoms with Gasteiger partial charge in [-0.2, -0.15) is 0 Å². The molecular formula is C22H21FN4O3S. The largest absolute Gasteiger partial charge is 0.467 e. The monoisotopic (exact) mass is 440 g/mol. The molecule has 31 heavy (non-hydrogen) atoms. The van der Waals surface area contributed by atoms with Crippen LogP contribution in [0.5, 0.6) is 5.75 Å². The summed E-state index contributed by atoms with van der Waals surface area (Å²) in [6, 6.07) is 10.00. The minimum absolute atomic E-state index is 0.142. The van der Waals surface area contributed by atoms with Crippen molar-refractivity contribution in [1.29, 1.82) is 0 Å². The molecule has 7 nitrogen and oxygen atoms in total. The van der Waals surface area contributed by atoms with Crippen LogP contribution in [0.15, 0.2) is 58.8 Å². The molecule has 0 saturated heterocycles. The smallest absolute Gasteiger partial charge is 0.319 e. The summed E-state index contributed by atoms with van der Waals surface area (Å²) in [7, 11) is 0. The van der Waals surface area contributed by atoms with Crippen molar-refractivity contribution in [2.45, 2.75) is 30.0 Å². The number of hydrogen-bond donors (Lipinski definition) is 2. The van der Waals surface area contributed by atoms with E-state index in [9.17, 15) is 9.18 Å². The third kappa shape index (κ3) is 5.50. The van der Waals surface area contributed by atoms with E-state index in [0.29, 0.717) is 47.3 Å². The van der Waals surface area contributed by atoms with Gasteiger partial charge in [-0.3, -0.25) is 0 Å². The van der Waals surface area contributed by atoms with Gasteiger partial charge in [0.25, 0.3) is 0 Å². The van der Waals surface area contributed by atoms with Crippen molar-refractivity contribution in [2.75, 3.05) is 18.7 Å². The van der Waals surface area contributed by atoms with Gasteiger partial charge in [-0.15, -0.1) is 0 Å². The van der Waals surface area contributed by atoms with Gasteiger partial charge in [-0.1, -0.05) is 0 Å². The third-order valence-corrected chi connectivity index (χ3v) is 5.51. The summed E-state index contributed by atoms with van der Waals surface area (Å²) in [6.45, 7) is 2.72. The summed E-state index contributed by atoms with van der Waals surface area (Å²) in [4.78, 5) is 21.7. The van der Waals surface area contributed by atoms with Crippen molar-refractivity contribution in [2.24, 2.45) is 0 Å². The first-order valence-corrected chi connectivity index (χ1v) is 10.5. The van der Waals surface area contributed by atoms with Crippen LogP contribution in [0.4, 0.5) is 14.9 Å². The number of rotatable bonds is 6. The molecule has 0 radical (unpaired) electrons. The van der Waals surface area contributed by atoms with Gasteiger partial charge in [0.05, 0.1) is 6.61 Å². The van der Waals surface area contributed by atoms with Crippen LogP contribution in [-0.2, 0) is 17.8 Å². The molecule has 0 bridgehead atoms. The maximum Gasteiger partial charge on any atom is 0.319 e.